The van der Waals surface area contributed by atoms with Crippen LogP contribution in [-0.4, -0.2) is 85.3 Å². The number of aromatic nitrogens is 1. The molecule has 1 aromatic heterocycles. The van der Waals surface area contributed by atoms with Gasteiger partial charge in [0.05, 0.1) is 0 Å². The SMILES string of the molecule is CC(=O)OC[C@H]1O[C@@H](NC(=O)Cn2[se]c3ccccc3c2=O)[C@H](OC(C)=O)[C@@H](OC(C)=O)[C@@H]1OC(C)=O. The molecule has 1 aliphatic rings. The van der Waals surface area contributed by atoms with Gasteiger partial charge < -0.3 is 0 Å². The Kier molecular flexibility index (Phi) is 9.24. The number of carbonyl (C=O) groups excluding carboxylic acids is 5. The Labute approximate surface area is 216 Å². The summed E-state index contributed by atoms with van der Waals surface area (Å²) in [4.78, 5) is 72.6. The van der Waals surface area contributed by atoms with Crippen LogP contribution in [0.4, 0.5) is 0 Å². The van der Waals surface area contributed by atoms with Crippen molar-refractivity contribution in [2.24, 2.45) is 0 Å². The van der Waals surface area contributed by atoms with E-state index >= 15 is 0 Å². The fourth-order valence-electron chi connectivity index (χ4n) is 3.80. The molecule has 0 saturated carbocycles. The quantitative estimate of drug-likeness (QED) is 0.236. The first-order valence-corrected chi connectivity index (χ1v) is 12.8. The molecule has 200 valence electrons. The molecule has 1 amide bonds. The molecule has 0 bridgehead atoms. The molecule has 0 spiro atoms. The first-order valence-electron chi connectivity index (χ1n) is 11.1. The number of esters is 4. The van der Waals surface area contributed by atoms with E-state index in [1.54, 1.807) is 18.2 Å². The fraction of sp³-hybridized carbons (Fsp3) is 0.478. The Morgan fingerprint density at radius 3 is 2.08 bits per heavy atom. The van der Waals surface area contributed by atoms with Gasteiger partial charge in [-0.05, 0) is 0 Å². The van der Waals surface area contributed by atoms with Crippen LogP contribution in [0.1, 0.15) is 27.7 Å². The van der Waals surface area contributed by atoms with Crippen LogP contribution in [0.25, 0.3) is 9.65 Å². The topological polar surface area (TPSA) is 166 Å². The number of nitrogens with one attached hydrogen (secondary N) is 1. The van der Waals surface area contributed by atoms with Gasteiger partial charge in [-0.15, -0.1) is 0 Å². The molecule has 1 saturated heterocycles. The third-order valence-electron chi connectivity index (χ3n) is 5.13. The van der Waals surface area contributed by atoms with E-state index in [1.807, 2.05) is 6.07 Å². The van der Waals surface area contributed by atoms with Crippen LogP contribution >= 0.6 is 0 Å². The average Bonchev–Trinajstić information content (AvgIpc) is 3.10. The van der Waals surface area contributed by atoms with Crippen LogP contribution in [0.5, 0.6) is 0 Å². The van der Waals surface area contributed by atoms with Crippen molar-refractivity contribution in [1.29, 1.82) is 0 Å². The van der Waals surface area contributed by atoms with Crippen molar-refractivity contribution in [3.8, 4) is 0 Å². The number of ether oxygens (including phenoxy) is 5. The number of hydrogen-bond acceptors (Lipinski definition) is 11. The summed E-state index contributed by atoms with van der Waals surface area (Å²) in [5.41, 5.74) is -0.299. The number of fused-ring (bicyclic) bond motifs is 1. The normalized spacial score (nSPS) is 23.1. The van der Waals surface area contributed by atoms with Crippen molar-refractivity contribution in [3.05, 3.63) is 34.6 Å². The standard InChI is InChI=1S/C23H26N2O11Se/c1-11(26)32-10-16-19(33-12(2)27)20(34-13(3)28)21(35-14(4)29)22(36-16)24-18(30)9-25-23(31)15-7-5-6-8-17(15)37-25/h5-8,16,19-22H,9-10H2,1-4H3,(H,24,30)/t16-,19-,20+,21-,22-/m1/s1. The summed E-state index contributed by atoms with van der Waals surface area (Å²) in [7, 11) is 0. The maximum absolute atomic E-state index is 13.0. The van der Waals surface area contributed by atoms with Crippen molar-refractivity contribution >= 4 is 54.2 Å². The second-order valence-corrected chi connectivity index (χ2v) is 10.3. The predicted octanol–water partition coefficient (Wildman–Crippen LogP) is -0.742. The first-order chi connectivity index (χ1) is 17.5. The van der Waals surface area contributed by atoms with Crippen LogP contribution in [-0.2, 0) is 54.2 Å². The second kappa shape index (κ2) is 12.2. The van der Waals surface area contributed by atoms with Crippen LogP contribution in [0.2, 0.25) is 0 Å². The van der Waals surface area contributed by atoms with Crippen molar-refractivity contribution < 1.29 is 47.7 Å². The predicted molar refractivity (Wildman–Crippen MR) is 125 cm³/mol. The van der Waals surface area contributed by atoms with Crippen LogP contribution < -0.4 is 10.9 Å². The number of rotatable bonds is 8. The Bertz CT molecular complexity index is 1250. The molecule has 5 atom stereocenters. The third kappa shape index (κ3) is 7.28. The molecule has 1 N–H and O–H groups in total. The minimum absolute atomic E-state index is 0.299. The van der Waals surface area contributed by atoms with Gasteiger partial charge in [0.2, 0.25) is 0 Å². The summed E-state index contributed by atoms with van der Waals surface area (Å²) in [6.45, 7) is 3.71. The van der Waals surface area contributed by atoms with Crippen molar-refractivity contribution in [2.45, 2.75) is 64.9 Å². The number of carbonyl (C=O) groups is 5. The zero-order chi connectivity index (χ0) is 27.3. The van der Waals surface area contributed by atoms with Crippen molar-refractivity contribution in [1.82, 2.24) is 8.88 Å². The summed E-state index contributed by atoms with van der Waals surface area (Å²) in [5, 5.41) is 3.07. The van der Waals surface area contributed by atoms with Crippen LogP contribution in [0.15, 0.2) is 29.1 Å². The summed E-state index contributed by atoms with van der Waals surface area (Å²) < 4.78 is 29.0. The van der Waals surface area contributed by atoms with Gasteiger partial charge in [0, 0.05) is 0 Å². The monoisotopic (exact) mass is 586 g/mol. The molecule has 2 heterocycles. The number of amides is 1. The van der Waals surface area contributed by atoms with E-state index in [2.05, 4.69) is 5.32 Å². The third-order valence-corrected chi connectivity index (χ3v) is 7.37. The molecular weight excluding hydrogens is 559 g/mol. The zero-order valence-electron chi connectivity index (χ0n) is 20.5. The fourth-order valence-corrected chi connectivity index (χ4v) is 5.89. The minimum atomic E-state index is -1.43. The Morgan fingerprint density at radius 2 is 1.49 bits per heavy atom. The molecule has 37 heavy (non-hydrogen) atoms. The van der Waals surface area contributed by atoms with E-state index in [-0.39, 0.29) is 12.1 Å². The van der Waals surface area contributed by atoms with E-state index in [0.717, 1.165) is 32.0 Å². The molecular formula is C23H26N2O11Se. The van der Waals surface area contributed by atoms with Crippen LogP contribution in [0, 0.1) is 0 Å². The average molecular weight is 585 g/mol. The molecule has 1 fully saturated rings. The number of nitrogens with zero attached hydrogens (tertiary/aromatic N) is 1. The van der Waals surface area contributed by atoms with Crippen molar-refractivity contribution in [3.63, 3.8) is 0 Å². The summed E-state index contributed by atoms with van der Waals surface area (Å²) in [6, 6.07) is 7.02. The molecule has 1 aromatic carbocycles. The van der Waals surface area contributed by atoms with Gasteiger partial charge in [-0.3, -0.25) is 0 Å². The van der Waals surface area contributed by atoms with E-state index in [4.69, 9.17) is 23.7 Å². The van der Waals surface area contributed by atoms with E-state index in [9.17, 15) is 28.8 Å². The van der Waals surface area contributed by atoms with Gasteiger partial charge in [0.25, 0.3) is 0 Å². The first kappa shape index (κ1) is 28.1. The second-order valence-electron chi connectivity index (χ2n) is 8.12. The van der Waals surface area contributed by atoms with Gasteiger partial charge in [0.1, 0.15) is 0 Å². The summed E-state index contributed by atoms with van der Waals surface area (Å²) >= 11 is -0.424. The van der Waals surface area contributed by atoms with Crippen LogP contribution in [0.3, 0.4) is 0 Å². The van der Waals surface area contributed by atoms with E-state index in [1.165, 1.54) is 3.56 Å². The zero-order valence-corrected chi connectivity index (χ0v) is 22.2. The Morgan fingerprint density at radius 1 is 0.892 bits per heavy atom. The molecule has 1 aliphatic heterocycles. The summed E-state index contributed by atoms with van der Waals surface area (Å²) in [6.07, 6.45) is -6.78. The Balaban J connectivity index is 1.91. The molecule has 3 rings (SSSR count). The van der Waals surface area contributed by atoms with Crippen molar-refractivity contribution in [2.75, 3.05) is 6.61 Å². The molecule has 0 radical (unpaired) electrons. The van der Waals surface area contributed by atoms with E-state index in [0.29, 0.717) is 5.39 Å². The molecule has 0 aliphatic carbocycles. The van der Waals surface area contributed by atoms with Gasteiger partial charge in [0.15, 0.2) is 0 Å². The Hall–Kier alpha value is -3.48. The molecule has 13 nitrogen and oxygen atoms in total. The van der Waals surface area contributed by atoms with Gasteiger partial charge in [-0.1, -0.05) is 0 Å². The maximum atomic E-state index is 13.0. The molecule has 0 unspecified atom stereocenters. The van der Waals surface area contributed by atoms with Gasteiger partial charge >= 0.3 is 217 Å². The number of hydrogen-bond donors (Lipinski definition) is 1. The van der Waals surface area contributed by atoms with Gasteiger partial charge in [-0.25, -0.2) is 0 Å². The van der Waals surface area contributed by atoms with Gasteiger partial charge in [-0.2, -0.15) is 0 Å². The summed E-state index contributed by atoms with van der Waals surface area (Å²) in [5.74, 6) is -3.66. The van der Waals surface area contributed by atoms with E-state index < -0.39 is 81.8 Å². The molecule has 14 heteroatoms. The molecule has 2 aromatic rings. The number of benzene rings is 1.